The van der Waals surface area contributed by atoms with Crippen LogP contribution in [-0.2, 0) is 17.8 Å². The van der Waals surface area contributed by atoms with Gasteiger partial charge < -0.3 is 15.1 Å². The van der Waals surface area contributed by atoms with Crippen LogP contribution in [-0.4, -0.2) is 51.9 Å². The number of carbonyl (C=O) groups excluding carboxylic acids is 1. The molecule has 9 heteroatoms. The fourth-order valence-corrected chi connectivity index (χ4v) is 5.31. The lowest BCUT2D eigenvalue weighted by atomic mass is 10.0. The van der Waals surface area contributed by atoms with E-state index in [1.54, 1.807) is 35.9 Å². The summed E-state index contributed by atoms with van der Waals surface area (Å²) in [5.74, 6) is 0.797. The van der Waals surface area contributed by atoms with Crippen molar-refractivity contribution in [2.45, 2.75) is 26.8 Å². The maximum absolute atomic E-state index is 12.7. The number of hydrogen-bond acceptors (Lipinski definition) is 6. The van der Waals surface area contributed by atoms with Gasteiger partial charge in [-0.05, 0) is 43.3 Å². The van der Waals surface area contributed by atoms with E-state index in [-0.39, 0.29) is 5.91 Å². The van der Waals surface area contributed by atoms with E-state index >= 15 is 0 Å². The number of amides is 1. The minimum atomic E-state index is 0.0560. The summed E-state index contributed by atoms with van der Waals surface area (Å²) in [6.45, 7) is 8.26. The van der Waals surface area contributed by atoms with E-state index in [0.29, 0.717) is 23.1 Å². The van der Waals surface area contributed by atoms with Crippen molar-refractivity contribution in [3.05, 3.63) is 57.2 Å². The number of likely N-dealkylation sites (N-methyl/N-ethyl adjacent to an activating group) is 1. The number of nitrogens with one attached hydrogen (secondary N) is 1. The molecule has 1 aromatic carbocycles. The van der Waals surface area contributed by atoms with Crippen LogP contribution >= 0.6 is 34.5 Å². The quantitative estimate of drug-likeness (QED) is 0.442. The van der Waals surface area contributed by atoms with Crippen LogP contribution in [0, 0.1) is 0 Å². The molecule has 4 rings (SSSR count). The van der Waals surface area contributed by atoms with Crippen molar-refractivity contribution in [2.24, 2.45) is 0 Å². The third-order valence-corrected chi connectivity index (χ3v) is 7.51. The maximum Gasteiger partial charge on any atom is 0.246 e. The van der Waals surface area contributed by atoms with E-state index in [4.69, 9.17) is 23.2 Å². The Balaban J connectivity index is 1.53. The normalized spacial score (nSPS) is 13.8. The molecule has 1 aliphatic heterocycles. The standard InChI is InChI=1S/C23H25Cl2N5OS/c1-3-29(4-2)10-5-6-20(31)30-11-9-16-19(13-30)32-23-21(16)22(26-14-27-23)28-15-7-8-17(24)18(25)12-15/h5-8,12,14H,3-4,9-11,13H2,1-2H3,(H,26,27,28)/b6-5+. The number of thiophene rings is 1. The van der Waals surface area contributed by atoms with Gasteiger partial charge in [0.1, 0.15) is 17.0 Å². The van der Waals surface area contributed by atoms with Gasteiger partial charge in [-0.1, -0.05) is 43.1 Å². The van der Waals surface area contributed by atoms with Gasteiger partial charge in [0.2, 0.25) is 5.91 Å². The molecule has 3 heterocycles. The van der Waals surface area contributed by atoms with Crippen LogP contribution < -0.4 is 5.32 Å². The van der Waals surface area contributed by atoms with Crippen molar-refractivity contribution in [3.8, 4) is 0 Å². The summed E-state index contributed by atoms with van der Waals surface area (Å²) in [6, 6.07) is 5.40. The first kappa shape index (κ1) is 23.0. The Morgan fingerprint density at radius 3 is 2.81 bits per heavy atom. The van der Waals surface area contributed by atoms with Gasteiger partial charge in [-0.2, -0.15) is 0 Å². The Hall–Kier alpha value is -2.19. The highest BCUT2D eigenvalue weighted by Crippen LogP contribution is 2.38. The van der Waals surface area contributed by atoms with Gasteiger partial charge in [0.25, 0.3) is 0 Å². The summed E-state index contributed by atoms with van der Waals surface area (Å²) in [5.41, 5.74) is 2.02. The lowest BCUT2D eigenvalue weighted by Crippen LogP contribution is -2.34. The van der Waals surface area contributed by atoms with E-state index in [1.165, 1.54) is 5.56 Å². The van der Waals surface area contributed by atoms with Crippen molar-refractivity contribution in [1.29, 1.82) is 0 Å². The summed E-state index contributed by atoms with van der Waals surface area (Å²) < 4.78 is 0. The fourth-order valence-electron chi connectivity index (χ4n) is 3.81. The lowest BCUT2D eigenvalue weighted by Gasteiger charge is -2.26. The second-order valence-electron chi connectivity index (χ2n) is 7.56. The van der Waals surface area contributed by atoms with Crippen molar-refractivity contribution < 1.29 is 4.79 Å². The highest BCUT2D eigenvalue weighted by molar-refractivity contribution is 7.19. The molecule has 0 aliphatic carbocycles. The van der Waals surface area contributed by atoms with Crippen molar-refractivity contribution in [2.75, 3.05) is 31.5 Å². The van der Waals surface area contributed by atoms with Crippen molar-refractivity contribution in [1.82, 2.24) is 19.8 Å². The first-order chi connectivity index (χ1) is 15.5. The Kier molecular flexibility index (Phi) is 7.30. The minimum absolute atomic E-state index is 0.0560. The number of halogens is 2. The van der Waals surface area contributed by atoms with E-state index in [1.807, 2.05) is 17.0 Å². The number of nitrogens with zero attached hydrogens (tertiary/aromatic N) is 4. The summed E-state index contributed by atoms with van der Waals surface area (Å²) in [6.07, 6.45) is 5.99. The van der Waals surface area contributed by atoms with Gasteiger partial charge in [-0.25, -0.2) is 9.97 Å². The predicted octanol–water partition coefficient (Wildman–Crippen LogP) is 5.52. The topological polar surface area (TPSA) is 61.4 Å². The number of aromatic nitrogens is 2. The van der Waals surface area contributed by atoms with E-state index in [9.17, 15) is 4.79 Å². The largest absolute Gasteiger partial charge is 0.340 e. The zero-order valence-electron chi connectivity index (χ0n) is 18.1. The molecule has 0 bridgehead atoms. The first-order valence-electron chi connectivity index (χ1n) is 10.6. The molecule has 168 valence electrons. The van der Waals surface area contributed by atoms with E-state index < -0.39 is 0 Å². The molecule has 0 fully saturated rings. The number of anilines is 2. The Morgan fingerprint density at radius 1 is 1.25 bits per heavy atom. The van der Waals surface area contributed by atoms with Crippen molar-refractivity contribution in [3.63, 3.8) is 0 Å². The molecule has 3 aromatic rings. The van der Waals surface area contributed by atoms with Crippen LogP contribution in [0.2, 0.25) is 10.0 Å². The molecule has 0 radical (unpaired) electrons. The molecule has 2 aromatic heterocycles. The molecule has 1 amide bonds. The molecular weight excluding hydrogens is 465 g/mol. The smallest absolute Gasteiger partial charge is 0.246 e. The van der Waals surface area contributed by atoms with E-state index in [0.717, 1.165) is 52.7 Å². The first-order valence-corrected chi connectivity index (χ1v) is 12.2. The van der Waals surface area contributed by atoms with Crippen LogP contribution in [0.15, 0.2) is 36.7 Å². The number of benzene rings is 1. The molecule has 1 aliphatic rings. The van der Waals surface area contributed by atoms with Crippen LogP contribution in [0.4, 0.5) is 11.5 Å². The predicted molar refractivity (Wildman–Crippen MR) is 133 cm³/mol. The molecule has 0 spiro atoms. The van der Waals surface area contributed by atoms with Gasteiger partial charge in [0.05, 0.1) is 22.0 Å². The van der Waals surface area contributed by atoms with Crippen molar-refractivity contribution >= 4 is 62.2 Å². The van der Waals surface area contributed by atoms with Gasteiger partial charge >= 0.3 is 0 Å². The van der Waals surface area contributed by atoms with Gasteiger partial charge in [-0.15, -0.1) is 11.3 Å². The number of carbonyl (C=O) groups is 1. The summed E-state index contributed by atoms with van der Waals surface area (Å²) >= 11 is 13.8. The Labute approximate surface area is 201 Å². The number of hydrogen-bond donors (Lipinski definition) is 1. The molecule has 32 heavy (non-hydrogen) atoms. The summed E-state index contributed by atoms with van der Waals surface area (Å²) in [4.78, 5) is 27.9. The summed E-state index contributed by atoms with van der Waals surface area (Å²) in [7, 11) is 0. The average Bonchev–Trinajstić information content (AvgIpc) is 3.18. The highest BCUT2D eigenvalue weighted by atomic mass is 35.5. The average molecular weight is 490 g/mol. The fraction of sp³-hybridized carbons (Fsp3) is 0.348. The lowest BCUT2D eigenvalue weighted by molar-refractivity contribution is -0.126. The summed E-state index contributed by atoms with van der Waals surface area (Å²) in [5, 5.41) is 5.36. The highest BCUT2D eigenvalue weighted by Gasteiger charge is 2.25. The van der Waals surface area contributed by atoms with Crippen LogP contribution in [0.3, 0.4) is 0 Å². The molecule has 0 atom stereocenters. The molecule has 0 saturated carbocycles. The van der Waals surface area contributed by atoms with Gasteiger partial charge in [0, 0.05) is 29.7 Å². The zero-order valence-corrected chi connectivity index (χ0v) is 20.4. The second kappa shape index (κ2) is 10.2. The molecular formula is C23H25Cl2N5OS. The third-order valence-electron chi connectivity index (χ3n) is 5.65. The van der Waals surface area contributed by atoms with Crippen LogP contribution in [0.25, 0.3) is 10.2 Å². The molecule has 6 nitrogen and oxygen atoms in total. The molecule has 1 N–H and O–H groups in total. The number of fused-ring (bicyclic) bond motifs is 3. The van der Waals surface area contributed by atoms with Gasteiger partial charge in [-0.3, -0.25) is 4.79 Å². The minimum Gasteiger partial charge on any atom is -0.340 e. The monoisotopic (exact) mass is 489 g/mol. The molecule has 0 unspecified atom stereocenters. The van der Waals surface area contributed by atoms with Crippen LogP contribution in [0.1, 0.15) is 24.3 Å². The van der Waals surface area contributed by atoms with Crippen LogP contribution in [0.5, 0.6) is 0 Å². The SMILES string of the molecule is CCN(CC)C/C=C/C(=O)N1CCc2c(sc3ncnc(Nc4ccc(Cl)c(Cl)c4)c23)C1. The Bertz CT molecular complexity index is 1160. The maximum atomic E-state index is 12.7. The zero-order chi connectivity index (χ0) is 22.7. The third kappa shape index (κ3) is 4.91. The number of rotatable bonds is 7. The Morgan fingerprint density at radius 2 is 2.06 bits per heavy atom. The second-order valence-corrected chi connectivity index (χ2v) is 9.46. The molecule has 0 saturated heterocycles. The van der Waals surface area contributed by atoms with Gasteiger partial charge in [0.15, 0.2) is 0 Å². The van der Waals surface area contributed by atoms with E-state index in [2.05, 4.69) is 34.0 Å².